The quantitative estimate of drug-likeness (QED) is 0.502. The number of rotatable bonds is 5. The van der Waals surface area contributed by atoms with Gasteiger partial charge < -0.3 is 0 Å². The highest BCUT2D eigenvalue weighted by molar-refractivity contribution is 5.44. The van der Waals surface area contributed by atoms with Crippen LogP contribution in [0.4, 0.5) is 0 Å². The zero-order valence-corrected chi connectivity index (χ0v) is 14.4. The van der Waals surface area contributed by atoms with Crippen molar-refractivity contribution in [3.8, 4) is 0 Å². The molecular formula is C21H30. The van der Waals surface area contributed by atoms with Crippen molar-refractivity contribution in [2.45, 2.75) is 60.3 Å². The molecule has 1 unspecified atom stereocenters. The second-order valence-electron chi connectivity index (χ2n) is 7.22. The van der Waals surface area contributed by atoms with Gasteiger partial charge in [-0.2, -0.15) is 0 Å². The van der Waals surface area contributed by atoms with E-state index in [0.717, 1.165) is 12.3 Å². The van der Waals surface area contributed by atoms with Gasteiger partial charge in [-0.15, -0.1) is 0 Å². The summed E-state index contributed by atoms with van der Waals surface area (Å²) >= 11 is 0. The lowest BCUT2D eigenvalue weighted by molar-refractivity contribution is 0.377. The second kappa shape index (κ2) is 6.64. The Kier molecular flexibility index (Phi) is 5.08. The van der Waals surface area contributed by atoms with E-state index in [1.807, 2.05) is 0 Å². The van der Waals surface area contributed by atoms with Gasteiger partial charge in [0.15, 0.2) is 0 Å². The van der Waals surface area contributed by atoms with Gasteiger partial charge in [-0.25, -0.2) is 0 Å². The summed E-state index contributed by atoms with van der Waals surface area (Å²) in [6.45, 7) is 11.3. The zero-order valence-electron chi connectivity index (χ0n) is 14.4. The van der Waals surface area contributed by atoms with E-state index < -0.39 is 0 Å². The monoisotopic (exact) mass is 282 g/mol. The van der Waals surface area contributed by atoms with E-state index in [9.17, 15) is 0 Å². The summed E-state index contributed by atoms with van der Waals surface area (Å²) in [7, 11) is 0. The molecule has 1 atom stereocenters. The third-order valence-corrected chi connectivity index (χ3v) is 4.75. The van der Waals surface area contributed by atoms with E-state index in [1.54, 1.807) is 11.1 Å². The molecule has 0 aliphatic heterocycles. The maximum absolute atomic E-state index is 2.39. The average Bonchev–Trinajstić information content (AvgIpc) is 3.16. The summed E-state index contributed by atoms with van der Waals surface area (Å²) in [5.41, 5.74) is 6.37. The molecule has 0 N–H and O–H groups in total. The molecule has 0 bridgehead atoms. The molecule has 0 amide bonds. The molecule has 0 spiro atoms. The van der Waals surface area contributed by atoms with Gasteiger partial charge in [-0.3, -0.25) is 0 Å². The molecular weight excluding hydrogens is 252 g/mol. The third kappa shape index (κ3) is 4.33. The minimum Gasteiger partial charge on any atom is -0.0819 e. The maximum Gasteiger partial charge on any atom is -0.0104 e. The fourth-order valence-corrected chi connectivity index (χ4v) is 3.26. The fourth-order valence-electron chi connectivity index (χ4n) is 3.26. The first-order valence-electron chi connectivity index (χ1n) is 8.37. The molecule has 1 fully saturated rings. The molecule has 1 saturated carbocycles. The van der Waals surface area contributed by atoms with Crippen molar-refractivity contribution < 1.29 is 0 Å². The van der Waals surface area contributed by atoms with E-state index in [-0.39, 0.29) is 0 Å². The Morgan fingerprint density at radius 3 is 2.67 bits per heavy atom. The van der Waals surface area contributed by atoms with E-state index in [2.05, 4.69) is 71.1 Å². The molecule has 114 valence electrons. The van der Waals surface area contributed by atoms with Crippen molar-refractivity contribution >= 4 is 0 Å². The summed E-state index contributed by atoms with van der Waals surface area (Å²) in [6, 6.07) is 0. The standard InChI is InChI=1S/C21H30/c1-6-8-16(2)9-7-10-17(3)11-12-20-19-15-18(19)13-14-21(20,4)5/h7-12,18H,6,13-15H2,1-5H3/b9-7+,12-11+,16-8+,17-10+. The lowest BCUT2D eigenvalue weighted by Crippen LogP contribution is -2.17. The van der Waals surface area contributed by atoms with Gasteiger partial charge in [0.1, 0.15) is 0 Å². The van der Waals surface area contributed by atoms with Crippen LogP contribution in [0.1, 0.15) is 60.3 Å². The van der Waals surface area contributed by atoms with Crippen LogP contribution >= 0.6 is 0 Å². The van der Waals surface area contributed by atoms with Crippen molar-refractivity contribution in [3.05, 3.63) is 58.7 Å². The Morgan fingerprint density at radius 2 is 1.95 bits per heavy atom. The highest BCUT2D eigenvalue weighted by Gasteiger charge is 2.41. The van der Waals surface area contributed by atoms with Crippen LogP contribution in [0.3, 0.4) is 0 Å². The van der Waals surface area contributed by atoms with Crippen molar-refractivity contribution in [3.63, 3.8) is 0 Å². The summed E-state index contributed by atoms with van der Waals surface area (Å²) in [5.74, 6) is 0.920. The lowest BCUT2D eigenvalue weighted by Gasteiger charge is -2.29. The van der Waals surface area contributed by atoms with Gasteiger partial charge >= 0.3 is 0 Å². The highest BCUT2D eigenvalue weighted by atomic mass is 14.5. The Labute approximate surface area is 131 Å². The van der Waals surface area contributed by atoms with Crippen LogP contribution in [0.2, 0.25) is 0 Å². The number of allylic oxidation sites excluding steroid dienone is 10. The zero-order chi connectivity index (χ0) is 15.5. The molecule has 0 nitrogen and oxygen atoms in total. The van der Waals surface area contributed by atoms with Crippen molar-refractivity contribution in [1.82, 2.24) is 0 Å². The fraction of sp³-hybridized carbons (Fsp3) is 0.524. The first-order valence-corrected chi connectivity index (χ1v) is 8.37. The summed E-state index contributed by atoms with van der Waals surface area (Å²) < 4.78 is 0. The predicted octanol–water partition coefficient (Wildman–Crippen LogP) is 6.54. The Balaban J connectivity index is 2.03. The van der Waals surface area contributed by atoms with Gasteiger partial charge in [0.25, 0.3) is 0 Å². The van der Waals surface area contributed by atoms with Crippen molar-refractivity contribution in [2.75, 3.05) is 0 Å². The summed E-state index contributed by atoms with van der Waals surface area (Å²) in [5, 5.41) is 0. The minimum absolute atomic E-state index is 0.370. The summed E-state index contributed by atoms with van der Waals surface area (Å²) in [4.78, 5) is 0. The van der Waals surface area contributed by atoms with Crippen molar-refractivity contribution in [1.29, 1.82) is 0 Å². The van der Waals surface area contributed by atoms with Crippen LogP contribution in [0.5, 0.6) is 0 Å². The number of hydrogen-bond acceptors (Lipinski definition) is 0. The Bertz CT molecular complexity index is 532. The van der Waals surface area contributed by atoms with Crippen molar-refractivity contribution in [2.24, 2.45) is 11.3 Å². The topological polar surface area (TPSA) is 0 Å². The van der Waals surface area contributed by atoms with Gasteiger partial charge in [0, 0.05) is 0 Å². The molecule has 2 aliphatic carbocycles. The number of fused-ring (bicyclic) bond motifs is 1. The van der Waals surface area contributed by atoms with Gasteiger partial charge in [0.2, 0.25) is 0 Å². The molecule has 2 rings (SSSR count). The highest BCUT2D eigenvalue weighted by Crippen LogP contribution is 2.55. The third-order valence-electron chi connectivity index (χ3n) is 4.75. The largest absolute Gasteiger partial charge is 0.0819 e. The number of hydrogen-bond donors (Lipinski definition) is 0. The predicted molar refractivity (Wildman–Crippen MR) is 94.2 cm³/mol. The van der Waals surface area contributed by atoms with E-state index in [4.69, 9.17) is 0 Å². The first kappa shape index (κ1) is 16.1. The molecule has 21 heavy (non-hydrogen) atoms. The molecule has 0 heterocycles. The molecule has 0 heteroatoms. The van der Waals surface area contributed by atoms with E-state index in [1.165, 1.54) is 30.4 Å². The van der Waals surface area contributed by atoms with E-state index >= 15 is 0 Å². The smallest absolute Gasteiger partial charge is 0.0104 e. The second-order valence-corrected chi connectivity index (χ2v) is 7.22. The summed E-state index contributed by atoms with van der Waals surface area (Å²) in [6.07, 6.45) is 18.7. The van der Waals surface area contributed by atoms with Crippen LogP contribution in [0, 0.1) is 11.3 Å². The van der Waals surface area contributed by atoms with Crippen LogP contribution in [0.25, 0.3) is 0 Å². The average molecular weight is 282 g/mol. The Morgan fingerprint density at radius 1 is 1.19 bits per heavy atom. The van der Waals surface area contributed by atoms with Gasteiger partial charge in [-0.1, -0.05) is 73.9 Å². The Hall–Kier alpha value is -1.30. The van der Waals surface area contributed by atoms with Crippen LogP contribution in [-0.4, -0.2) is 0 Å². The van der Waals surface area contributed by atoms with Crippen LogP contribution in [0.15, 0.2) is 58.7 Å². The minimum atomic E-state index is 0.370. The van der Waals surface area contributed by atoms with Crippen LogP contribution < -0.4 is 0 Å². The normalized spacial score (nSPS) is 25.9. The molecule has 0 aromatic rings. The molecule has 0 radical (unpaired) electrons. The molecule has 0 aromatic carbocycles. The molecule has 0 saturated heterocycles. The van der Waals surface area contributed by atoms with Gasteiger partial charge in [-0.05, 0) is 56.4 Å². The molecule has 2 aliphatic rings. The van der Waals surface area contributed by atoms with Gasteiger partial charge in [0.05, 0.1) is 0 Å². The maximum atomic E-state index is 2.39. The van der Waals surface area contributed by atoms with Crippen LogP contribution in [-0.2, 0) is 0 Å². The first-order chi connectivity index (χ1) is 9.94. The molecule has 0 aromatic heterocycles. The lowest BCUT2D eigenvalue weighted by atomic mass is 9.75. The SMILES string of the molecule is CC/C=C(C)/C=C/C=C(C)/C=C/C1=C2CC2CCC1(C)C. The van der Waals surface area contributed by atoms with E-state index in [0.29, 0.717) is 5.41 Å².